The predicted octanol–water partition coefficient (Wildman–Crippen LogP) is 8.07. The molecule has 4 nitrogen and oxygen atoms in total. The van der Waals surface area contributed by atoms with Gasteiger partial charge in [-0.15, -0.1) is 0 Å². The minimum atomic E-state index is -0.811. The van der Waals surface area contributed by atoms with Crippen LogP contribution < -0.4 is 4.74 Å². The number of unbranched alkanes of at least 4 members (excludes halogenated alkanes) is 15. The summed E-state index contributed by atoms with van der Waals surface area (Å²) in [4.78, 5) is 23.3. The molecule has 0 amide bonds. The van der Waals surface area contributed by atoms with Crippen LogP contribution in [0, 0.1) is 0 Å². The third-order valence-electron chi connectivity index (χ3n) is 5.84. The van der Waals surface area contributed by atoms with Gasteiger partial charge in [0.2, 0.25) is 0 Å². The van der Waals surface area contributed by atoms with E-state index in [0.717, 1.165) is 12.2 Å². The molecule has 0 fully saturated rings. The minimum Gasteiger partial charge on any atom is -0.494 e. The van der Waals surface area contributed by atoms with Crippen molar-refractivity contribution < 1.29 is 19.1 Å². The van der Waals surface area contributed by atoms with Gasteiger partial charge in [-0.25, -0.2) is 4.79 Å². The van der Waals surface area contributed by atoms with E-state index in [-0.39, 0.29) is 6.61 Å². The van der Waals surface area contributed by atoms with Gasteiger partial charge in [-0.3, -0.25) is 4.79 Å². The van der Waals surface area contributed by atoms with Gasteiger partial charge in [0.1, 0.15) is 5.75 Å². The van der Waals surface area contributed by atoms with Crippen molar-refractivity contribution in [2.75, 3.05) is 13.2 Å². The number of ketones is 1. The average Bonchev–Trinajstić information content (AvgIpc) is 2.81. The molecule has 0 bridgehead atoms. The zero-order chi connectivity index (χ0) is 23.3. The lowest BCUT2D eigenvalue weighted by Crippen LogP contribution is -2.17. The van der Waals surface area contributed by atoms with Crippen LogP contribution in [0.1, 0.15) is 127 Å². The average molecular weight is 447 g/mol. The Morgan fingerprint density at radius 2 is 1.06 bits per heavy atom. The van der Waals surface area contributed by atoms with Gasteiger partial charge in [0.05, 0.1) is 13.2 Å². The predicted molar refractivity (Wildman–Crippen MR) is 132 cm³/mol. The van der Waals surface area contributed by atoms with Crippen molar-refractivity contribution in [1.82, 2.24) is 0 Å². The molecule has 0 aliphatic carbocycles. The molecule has 0 radical (unpaired) electrons. The first-order chi connectivity index (χ1) is 15.7. The minimum absolute atomic E-state index is 0.199. The third-order valence-corrected chi connectivity index (χ3v) is 5.84. The van der Waals surface area contributed by atoms with Crippen molar-refractivity contribution in [3.8, 4) is 5.75 Å². The summed E-state index contributed by atoms with van der Waals surface area (Å²) in [5, 5.41) is 0. The van der Waals surface area contributed by atoms with Gasteiger partial charge in [0, 0.05) is 5.56 Å². The second-order valence-electron chi connectivity index (χ2n) is 8.73. The standard InChI is InChI=1S/C28H46O4/c1-3-5-6-7-8-9-10-11-12-13-14-15-16-17-18-19-24-32-26-22-20-25(21-23-26)27(29)28(30)31-4-2/h20-23H,3-19,24H2,1-2H3. The largest absolute Gasteiger partial charge is 0.494 e. The van der Waals surface area contributed by atoms with Gasteiger partial charge in [0.15, 0.2) is 0 Å². The van der Waals surface area contributed by atoms with E-state index in [1.165, 1.54) is 96.3 Å². The van der Waals surface area contributed by atoms with Crippen molar-refractivity contribution in [2.24, 2.45) is 0 Å². The molecule has 1 rings (SSSR count). The summed E-state index contributed by atoms with van der Waals surface area (Å²) in [5.41, 5.74) is 0.332. The molecule has 0 heterocycles. The van der Waals surface area contributed by atoms with Gasteiger partial charge < -0.3 is 9.47 Å². The fraction of sp³-hybridized carbons (Fsp3) is 0.714. The number of hydrogen-bond acceptors (Lipinski definition) is 4. The Bertz CT molecular complexity index is 594. The SMILES string of the molecule is CCCCCCCCCCCCCCCCCCOc1ccc(C(=O)C(=O)OCC)cc1. The molecule has 4 heteroatoms. The van der Waals surface area contributed by atoms with Crippen molar-refractivity contribution >= 4 is 11.8 Å². The Balaban J connectivity index is 1.91. The highest BCUT2D eigenvalue weighted by Crippen LogP contribution is 2.15. The molecule has 1 aromatic carbocycles. The Labute approximate surface area is 196 Å². The molecule has 0 aliphatic rings. The van der Waals surface area contributed by atoms with E-state index >= 15 is 0 Å². The lowest BCUT2D eigenvalue weighted by atomic mass is 10.0. The fourth-order valence-corrected chi connectivity index (χ4v) is 3.86. The quantitative estimate of drug-likeness (QED) is 0.0829. The van der Waals surface area contributed by atoms with Crippen LogP contribution in [0.3, 0.4) is 0 Å². The van der Waals surface area contributed by atoms with Crippen LogP contribution in [-0.2, 0) is 9.53 Å². The summed E-state index contributed by atoms with van der Waals surface area (Å²) in [5.74, 6) is -0.697. The van der Waals surface area contributed by atoms with Crippen molar-refractivity contribution in [1.29, 1.82) is 0 Å². The first kappa shape index (κ1) is 28.2. The maximum Gasteiger partial charge on any atom is 0.379 e. The number of esters is 1. The van der Waals surface area contributed by atoms with E-state index in [2.05, 4.69) is 6.92 Å². The van der Waals surface area contributed by atoms with Crippen LogP contribution in [0.2, 0.25) is 0 Å². The Hall–Kier alpha value is -1.84. The Kier molecular flexibility index (Phi) is 17.5. The highest BCUT2D eigenvalue weighted by atomic mass is 16.5. The highest BCUT2D eigenvalue weighted by molar-refractivity contribution is 6.40. The second kappa shape index (κ2) is 19.8. The maximum atomic E-state index is 11.9. The molecule has 0 unspecified atom stereocenters. The molecule has 182 valence electrons. The van der Waals surface area contributed by atoms with Crippen LogP contribution >= 0.6 is 0 Å². The van der Waals surface area contributed by atoms with Crippen LogP contribution in [0.4, 0.5) is 0 Å². The van der Waals surface area contributed by atoms with Crippen molar-refractivity contribution in [3.05, 3.63) is 29.8 Å². The highest BCUT2D eigenvalue weighted by Gasteiger charge is 2.17. The van der Waals surface area contributed by atoms with Crippen LogP contribution in [0.5, 0.6) is 5.75 Å². The third kappa shape index (κ3) is 14.3. The molecule has 0 saturated heterocycles. The zero-order valence-corrected chi connectivity index (χ0v) is 20.7. The van der Waals surface area contributed by atoms with Crippen molar-refractivity contribution in [2.45, 2.75) is 117 Å². The summed E-state index contributed by atoms with van der Waals surface area (Å²) < 4.78 is 10.5. The van der Waals surface area contributed by atoms with E-state index < -0.39 is 11.8 Å². The molecular weight excluding hydrogens is 400 g/mol. The number of ether oxygens (including phenoxy) is 2. The van der Waals surface area contributed by atoms with Gasteiger partial charge in [-0.2, -0.15) is 0 Å². The van der Waals surface area contributed by atoms with Gasteiger partial charge in [-0.05, 0) is 37.6 Å². The molecule has 0 aromatic heterocycles. The molecule has 0 aliphatic heterocycles. The summed E-state index contributed by atoms with van der Waals surface area (Å²) in [7, 11) is 0. The number of carbonyl (C=O) groups is 2. The number of benzene rings is 1. The van der Waals surface area contributed by atoms with E-state index in [9.17, 15) is 9.59 Å². The van der Waals surface area contributed by atoms with E-state index in [0.29, 0.717) is 12.2 Å². The fourth-order valence-electron chi connectivity index (χ4n) is 3.86. The Morgan fingerprint density at radius 1 is 0.625 bits per heavy atom. The number of rotatable bonds is 21. The smallest absolute Gasteiger partial charge is 0.379 e. The number of Topliss-reactive ketones (excluding diaryl/α,β-unsaturated/α-hetero) is 1. The van der Waals surface area contributed by atoms with Crippen molar-refractivity contribution in [3.63, 3.8) is 0 Å². The summed E-state index contributed by atoms with van der Waals surface area (Å²) in [6.45, 7) is 4.84. The van der Waals surface area contributed by atoms with Gasteiger partial charge >= 0.3 is 5.97 Å². The summed E-state index contributed by atoms with van der Waals surface area (Å²) in [6, 6.07) is 6.70. The molecule has 0 atom stereocenters. The topological polar surface area (TPSA) is 52.6 Å². The molecular formula is C28H46O4. The monoisotopic (exact) mass is 446 g/mol. The van der Waals surface area contributed by atoms with Gasteiger partial charge in [0.25, 0.3) is 5.78 Å². The number of carbonyl (C=O) groups excluding carboxylic acids is 2. The molecule has 0 N–H and O–H groups in total. The molecule has 1 aromatic rings. The normalized spacial score (nSPS) is 10.8. The Morgan fingerprint density at radius 3 is 1.50 bits per heavy atom. The van der Waals surface area contributed by atoms with Crippen LogP contribution in [-0.4, -0.2) is 25.0 Å². The number of hydrogen-bond donors (Lipinski definition) is 0. The van der Waals surface area contributed by atoms with E-state index in [1.807, 2.05) is 0 Å². The van der Waals surface area contributed by atoms with Crippen LogP contribution in [0.15, 0.2) is 24.3 Å². The van der Waals surface area contributed by atoms with Crippen LogP contribution in [0.25, 0.3) is 0 Å². The van der Waals surface area contributed by atoms with Gasteiger partial charge in [-0.1, -0.05) is 103 Å². The lowest BCUT2D eigenvalue weighted by molar-refractivity contribution is -0.137. The summed E-state index contributed by atoms with van der Waals surface area (Å²) in [6.07, 6.45) is 21.7. The lowest BCUT2D eigenvalue weighted by Gasteiger charge is -2.07. The molecule has 32 heavy (non-hydrogen) atoms. The zero-order valence-electron chi connectivity index (χ0n) is 20.7. The second-order valence-corrected chi connectivity index (χ2v) is 8.73. The maximum absolute atomic E-state index is 11.9. The van der Waals surface area contributed by atoms with E-state index in [1.54, 1.807) is 31.2 Å². The first-order valence-corrected chi connectivity index (χ1v) is 13.1. The molecule has 0 spiro atoms. The van der Waals surface area contributed by atoms with E-state index in [4.69, 9.17) is 9.47 Å². The summed E-state index contributed by atoms with van der Waals surface area (Å²) >= 11 is 0. The first-order valence-electron chi connectivity index (χ1n) is 13.1. The molecule has 0 saturated carbocycles.